The van der Waals surface area contributed by atoms with Crippen LogP contribution in [0.25, 0.3) is 10.8 Å². The molecule has 1 aromatic carbocycles. The smallest absolute Gasteiger partial charge is 0.318 e. The first-order valence-corrected chi connectivity index (χ1v) is 6.16. The summed E-state index contributed by atoms with van der Waals surface area (Å²) in [4.78, 5) is 46.0. The maximum atomic E-state index is 12.3. The summed E-state index contributed by atoms with van der Waals surface area (Å²) in [7, 11) is 0. The molecule has 0 saturated carbocycles. The van der Waals surface area contributed by atoms with Gasteiger partial charge in [-0.2, -0.15) is 5.10 Å². The second kappa shape index (κ2) is 5.64. The molecule has 9 nitrogen and oxygen atoms in total. The van der Waals surface area contributed by atoms with E-state index in [1.807, 2.05) is 0 Å². The number of carbonyl (C=O) groups is 3. The van der Waals surface area contributed by atoms with E-state index in [0.717, 1.165) is 0 Å². The predicted molar refractivity (Wildman–Crippen MR) is 72.8 cm³/mol. The van der Waals surface area contributed by atoms with Crippen LogP contribution < -0.4 is 21.7 Å². The Morgan fingerprint density at radius 1 is 1.27 bits per heavy atom. The third kappa shape index (κ3) is 2.64. The van der Waals surface area contributed by atoms with Crippen LogP contribution in [0.4, 0.5) is 4.79 Å². The molecule has 0 aliphatic rings. The van der Waals surface area contributed by atoms with Gasteiger partial charge in [0.15, 0.2) is 0 Å². The minimum atomic E-state index is -1.59. The molecule has 0 unspecified atom stereocenters. The van der Waals surface area contributed by atoms with E-state index in [0.29, 0.717) is 4.68 Å². The lowest BCUT2D eigenvalue weighted by Crippen LogP contribution is -2.43. The van der Waals surface area contributed by atoms with Gasteiger partial charge in [0.05, 0.1) is 11.4 Å². The summed E-state index contributed by atoms with van der Waals surface area (Å²) in [5.41, 5.74) is 3.68. The number of nitrogens with two attached hydrogens (primary N) is 1. The Hall–Kier alpha value is -3.23. The SMILES string of the molecule is C[C@@H](C(=O)NC(N)=O)n1nc(C(=O)[O-])c2ccccc2c1=O. The molecule has 1 heterocycles. The fourth-order valence-electron chi connectivity index (χ4n) is 1.96. The molecular weight excluding hydrogens is 292 g/mol. The van der Waals surface area contributed by atoms with E-state index in [1.165, 1.54) is 19.1 Å². The van der Waals surface area contributed by atoms with Crippen molar-refractivity contribution in [3.63, 3.8) is 0 Å². The molecule has 1 aromatic heterocycles. The Labute approximate surface area is 123 Å². The molecule has 3 amide bonds. The molecule has 0 saturated heterocycles. The van der Waals surface area contributed by atoms with Crippen molar-refractivity contribution in [2.75, 3.05) is 0 Å². The number of urea groups is 1. The first-order valence-electron chi connectivity index (χ1n) is 6.16. The summed E-state index contributed by atoms with van der Waals surface area (Å²) in [5, 5.41) is 16.8. The van der Waals surface area contributed by atoms with Crippen LogP contribution in [0.1, 0.15) is 23.5 Å². The highest BCUT2D eigenvalue weighted by atomic mass is 16.4. The maximum absolute atomic E-state index is 12.3. The van der Waals surface area contributed by atoms with Gasteiger partial charge in [-0.25, -0.2) is 9.48 Å². The van der Waals surface area contributed by atoms with Crippen LogP contribution in [0.15, 0.2) is 29.1 Å². The molecule has 2 rings (SSSR count). The number of aromatic nitrogens is 2. The predicted octanol–water partition coefficient (Wildman–Crippen LogP) is -1.48. The van der Waals surface area contributed by atoms with Gasteiger partial charge in [0, 0.05) is 5.39 Å². The van der Waals surface area contributed by atoms with Crippen LogP contribution in [0.3, 0.4) is 0 Å². The number of benzene rings is 1. The number of imide groups is 1. The first kappa shape index (κ1) is 15.2. The molecule has 1 atom stereocenters. The molecule has 114 valence electrons. The Morgan fingerprint density at radius 2 is 1.86 bits per heavy atom. The van der Waals surface area contributed by atoms with Gasteiger partial charge in [-0.1, -0.05) is 18.2 Å². The number of primary amides is 1. The van der Waals surface area contributed by atoms with Crippen molar-refractivity contribution in [2.24, 2.45) is 5.73 Å². The molecule has 2 aromatic rings. The van der Waals surface area contributed by atoms with Gasteiger partial charge in [-0.3, -0.25) is 14.9 Å². The van der Waals surface area contributed by atoms with E-state index in [-0.39, 0.29) is 10.8 Å². The minimum absolute atomic E-state index is 0.0652. The molecule has 22 heavy (non-hydrogen) atoms. The summed E-state index contributed by atoms with van der Waals surface area (Å²) >= 11 is 0. The monoisotopic (exact) mass is 303 g/mol. The van der Waals surface area contributed by atoms with Crippen molar-refractivity contribution in [3.8, 4) is 0 Å². The number of rotatable bonds is 3. The summed E-state index contributed by atoms with van der Waals surface area (Å²) in [6, 6.07) is 3.58. The molecule has 0 bridgehead atoms. The second-order valence-electron chi connectivity index (χ2n) is 4.46. The first-order chi connectivity index (χ1) is 10.3. The van der Waals surface area contributed by atoms with Gasteiger partial charge in [-0.15, -0.1) is 0 Å². The zero-order valence-electron chi connectivity index (χ0n) is 11.4. The summed E-state index contributed by atoms with van der Waals surface area (Å²) in [6.45, 7) is 1.28. The zero-order valence-corrected chi connectivity index (χ0v) is 11.4. The number of amides is 3. The summed E-state index contributed by atoms with van der Waals surface area (Å²) in [6.07, 6.45) is 0. The van der Waals surface area contributed by atoms with Crippen LogP contribution in [0, 0.1) is 0 Å². The molecule has 0 spiro atoms. The molecule has 9 heteroatoms. The third-order valence-corrected chi connectivity index (χ3v) is 3.01. The standard InChI is InChI=1S/C13H12N4O5/c1-6(10(18)15-13(14)22)17-11(19)8-5-3-2-4-7(8)9(16-17)12(20)21/h2-6H,1H3,(H,20,21)(H3,14,15,18,22)/p-1/t6-/m0/s1. The van der Waals surface area contributed by atoms with Gasteiger partial charge >= 0.3 is 6.03 Å². The molecular formula is C13H11N4O5-. The van der Waals surface area contributed by atoms with E-state index in [2.05, 4.69) is 5.10 Å². The van der Waals surface area contributed by atoms with Crippen molar-refractivity contribution < 1.29 is 19.5 Å². The van der Waals surface area contributed by atoms with E-state index in [4.69, 9.17) is 5.73 Å². The highest BCUT2D eigenvalue weighted by Crippen LogP contribution is 2.14. The number of hydrogen-bond donors (Lipinski definition) is 2. The summed E-state index contributed by atoms with van der Waals surface area (Å²) in [5.74, 6) is -2.48. The van der Waals surface area contributed by atoms with Crippen LogP contribution in [-0.2, 0) is 4.79 Å². The van der Waals surface area contributed by atoms with E-state index in [1.54, 1.807) is 17.4 Å². The average Bonchev–Trinajstić information content (AvgIpc) is 2.46. The highest BCUT2D eigenvalue weighted by Gasteiger charge is 2.21. The van der Waals surface area contributed by atoms with Crippen molar-refractivity contribution in [1.82, 2.24) is 15.1 Å². The summed E-state index contributed by atoms with van der Waals surface area (Å²) < 4.78 is 0.672. The second-order valence-corrected chi connectivity index (χ2v) is 4.46. The van der Waals surface area contributed by atoms with Gasteiger partial charge in [0.25, 0.3) is 11.5 Å². The number of hydrogen-bond acceptors (Lipinski definition) is 6. The van der Waals surface area contributed by atoms with Crippen molar-refractivity contribution >= 4 is 28.7 Å². The Balaban J connectivity index is 2.67. The lowest BCUT2D eigenvalue weighted by Gasteiger charge is -2.16. The largest absolute Gasteiger partial charge is 0.543 e. The lowest BCUT2D eigenvalue weighted by atomic mass is 10.1. The lowest BCUT2D eigenvalue weighted by molar-refractivity contribution is -0.255. The van der Waals surface area contributed by atoms with Crippen molar-refractivity contribution in [2.45, 2.75) is 13.0 Å². The van der Waals surface area contributed by atoms with Gasteiger partial charge in [0.1, 0.15) is 11.7 Å². The minimum Gasteiger partial charge on any atom is -0.543 e. The van der Waals surface area contributed by atoms with Gasteiger partial charge in [0.2, 0.25) is 0 Å². The molecule has 0 fully saturated rings. The molecule has 0 aliphatic heterocycles. The van der Waals surface area contributed by atoms with Crippen molar-refractivity contribution in [3.05, 3.63) is 40.3 Å². The molecule has 0 aliphatic carbocycles. The average molecular weight is 303 g/mol. The Kier molecular flexibility index (Phi) is 3.89. The van der Waals surface area contributed by atoms with E-state index in [9.17, 15) is 24.3 Å². The Morgan fingerprint density at radius 3 is 2.41 bits per heavy atom. The van der Waals surface area contributed by atoms with Crippen LogP contribution in [0.5, 0.6) is 0 Å². The Bertz CT molecular complexity index is 842. The molecule has 3 N–H and O–H groups in total. The number of nitrogens with zero attached hydrogens (tertiary/aromatic N) is 2. The number of fused-ring (bicyclic) bond motifs is 1. The fourth-order valence-corrected chi connectivity index (χ4v) is 1.96. The normalized spacial score (nSPS) is 11.9. The number of aromatic carboxylic acids is 1. The van der Waals surface area contributed by atoms with E-state index < -0.39 is 35.2 Å². The van der Waals surface area contributed by atoms with Gasteiger partial charge in [-0.05, 0) is 13.0 Å². The number of carboxylic acids is 1. The number of carbonyl (C=O) groups excluding carboxylic acids is 3. The maximum Gasteiger partial charge on any atom is 0.318 e. The number of carboxylic acid groups (broad SMARTS) is 1. The molecule has 0 radical (unpaired) electrons. The van der Waals surface area contributed by atoms with Gasteiger partial charge < -0.3 is 15.6 Å². The van der Waals surface area contributed by atoms with Crippen LogP contribution in [-0.4, -0.2) is 27.7 Å². The van der Waals surface area contributed by atoms with E-state index >= 15 is 0 Å². The highest BCUT2D eigenvalue weighted by molar-refractivity contribution is 6.00. The quantitative estimate of drug-likeness (QED) is 0.706. The van der Waals surface area contributed by atoms with Crippen molar-refractivity contribution in [1.29, 1.82) is 0 Å². The fraction of sp³-hybridized carbons (Fsp3) is 0.154. The topological polar surface area (TPSA) is 147 Å². The third-order valence-electron chi connectivity index (χ3n) is 3.01. The number of nitrogens with one attached hydrogen (secondary N) is 1. The zero-order chi connectivity index (χ0) is 16.4. The van der Waals surface area contributed by atoms with Crippen LogP contribution >= 0.6 is 0 Å². The van der Waals surface area contributed by atoms with Crippen LogP contribution in [0.2, 0.25) is 0 Å².